The van der Waals surface area contributed by atoms with Gasteiger partial charge >= 0.3 is 0 Å². The number of aryl methyl sites for hydroxylation is 1. The molecule has 0 atom stereocenters. The molecule has 0 aliphatic heterocycles. The van der Waals surface area contributed by atoms with E-state index >= 15 is 0 Å². The van der Waals surface area contributed by atoms with E-state index in [1.807, 2.05) is 41.9 Å². The Kier molecular flexibility index (Phi) is 5.97. The van der Waals surface area contributed by atoms with E-state index in [1.165, 1.54) is 11.8 Å². The molecule has 0 radical (unpaired) electrons. The number of nitrogens with zero attached hydrogens (tertiary/aromatic N) is 3. The monoisotopic (exact) mass is 384 g/mol. The molecule has 0 saturated carbocycles. The van der Waals surface area contributed by atoms with Crippen molar-refractivity contribution < 1.29 is 14.3 Å². The molecule has 2 aromatic carbocycles. The third-order valence-corrected chi connectivity index (χ3v) is 4.92. The Bertz CT molecular complexity index is 984. The van der Waals surface area contributed by atoms with Crippen LogP contribution in [0, 0.1) is 0 Å². The molecule has 140 valence electrons. The molecule has 0 unspecified atom stereocenters. The zero-order valence-electron chi connectivity index (χ0n) is 15.3. The number of nitrogens with one attached hydrogen (secondary N) is 1. The van der Waals surface area contributed by atoms with Gasteiger partial charge in [0.05, 0.1) is 37.2 Å². The summed E-state index contributed by atoms with van der Waals surface area (Å²) < 4.78 is 12.4. The number of hydrogen-bond donors (Lipinski definition) is 1. The van der Waals surface area contributed by atoms with E-state index in [9.17, 15) is 4.79 Å². The van der Waals surface area contributed by atoms with Crippen molar-refractivity contribution in [1.29, 1.82) is 0 Å². The van der Waals surface area contributed by atoms with E-state index in [1.54, 1.807) is 32.6 Å². The van der Waals surface area contributed by atoms with Crippen molar-refractivity contribution in [3.8, 4) is 11.5 Å². The first-order valence-corrected chi connectivity index (χ1v) is 9.19. The SMILES string of the molecule is COc1ccc(C=NNC(=O)CSc2nc3ccccc3n2C)cc1OC. The molecule has 27 heavy (non-hydrogen) atoms. The molecule has 1 aromatic heterocycles. The van der Waals surface area contributed by atoms with Gasteiger partial charge in [0.15, 0.2) is 16.7 Å². The van der Waals surface area contributed by atoms with E-state index in [0.29, 0.717) is 11.5 Å². The molecule has 3 aromatic rings. The normalized spacial score (nSPS) is 11.1. The predicted octanol–water partition coefficient (Wildman–Crippen LogP) is 2.83. The highest BCUT2D eigenvalue weighted by Crippen LogP contribution is 2.27. The highest BCUT2D eigenvalue weighted by atomic mass is 32.2. The predicted molar refractivity (Wildman–Crippen MR) is 107 cm³/mol. The zero-order valence-corrected chi connectivity index (χ0v) is 16.1. The maximum Gasteiger partial charge on any atom is 0.250 e. The summed E-state index contributed by atoms with van der Waals surface area (Å²) in [4.78, 5) is 16.6. The number of fused-ring (bicyclic) bond motifs is 1. The quantitative estimate of drug-likeness (QED) is 0.385. The van der Waals surface area contributed by atoms with Crippen LogP contribution in [0.25, 0.3) is 11.0 Å². The molecule has 0 bridgehead atoms. The van der Waals surface area contributed by atoms with E-state index in [4.69, 9.17) is 9.47 Å². The molecule has 0 spiro atoms. The fraction of sp³-hybridized carbons (Fsp3) is 0.211. The van der Waals surface area contributed by atoms with Crippen molar-refractivity contribution in [2.45, 2.75) is 5.16 Å². The molecule has 0 aliphatic rings. The number of carbonyl (C=O) groups excluding carboxylic acids is 1. The number of benzene rings is 2. The second-order valence-electron chi connectivity index (χ2n) is 5.64. The zero-order chi connectivity index (χ0) is 19.2. The van der Waals surface area contributed by atoms with E-state index < -0.39 is 0 Å². The maximum absolute atomic E-state index is 12.0. The Hall–Kier alpha value is -3.00. The molecular weight excluding hydrogens is 364 g/mol. The first-order valence-electron chi connectivity index (χ1n) is 8.20. The van der Waals surface area contributed by atoms with Crippen molar-refractivity contribution in [3.05, 3.63) is 48.0 Å². The number of aromatic nitrogens is 2. The summed E-state index contributed by atoms with van der Waals surface area (Å²) in [6.45, 7) is 0. The van der Waals surface area contributed by atoms with Crippen molar-refractivity contribution in [3.63, 3.8) is 0 Å². The fourth-order valence-corrected chi connectivity index (χ4v) is 3.31. The van der Waals surface area contributed by atoms with Gasteiger partial charge in [0.25, 0.3) is 5.91 Å². The number of carbonyl (C=O) groups is 1. The van der Waals surface area contributed by atoms with Gasteiger partial charge in [-0.15, -0.1) is 0 Å². The number of para-hydroxylation sites is 2. The average molecular weight is 384 g/mol. The van der Waals surface area contributed by atoms with Gasteiger partial charge in [0, 0.05) is 7.05 Å². The molecule has 1 amide bonds. The highest BCUT2D eigenvalue weighted by molar-refractivity contribution is 7.99. The topological polar surface area (TPSA) is 77.7 Å². The molecule has 0 aliphatic carbocycles. The lowest BCUT2D eigenvalue weighted by Gasteiger charge is -2.07. The van der Waals surface area contributed by atoms with Gasteiger partial charge in [0.2, 0.25) is 0 Å². The van der Waals surface area contributed by atoms with Gasteiger partial charge in [-0.1, -0.05) is 23.9 Å². The Labute approximate surface area is 161 Å². The summed E-state index contributed by atoms with van der Waals surface area (Å²) in [5.74, 6) is 1.26. The van der Waals surface area contributed by atoms with Crippen LogP contribution in [0.1, 0.15) is 5.56 Å². The van der Waals surface area contributed by atoms with Crippen molar-refractivity contribution >= 4 is 34.9 Å². The number of ether oxygens (including phenoxy) is 2. The Balaban J connectivity index is 1.56. The van der Waals surface area contributed by atoms with Crippen LogP contribution in [-0.2, 0) is 11.8 Å². The standard InChI is InChI=1S/C19H20N4O3S/c1-23-15-7-5-4-6-14(15)21-19(23)27-12-18(24)22-20-11-13-8-9-16(25-2)17(10-13)26-3/h4-11H,12H2,1-3H3,(H,22,24). The minimum Gasteiger partial charge on any atom is -0.493 e. The third-order valence-electron chi connectivity index (χ3n) is 3.89. The fourth-order valence-electron chi connectivity index (χ4n) is 2.53. The first kappa shape index (κ1) is 18.8. The van der Waals surface area contributed by atoms with Gasteiger partial charge < -0.3 is 14.0 Å². The van der Waals surface area contributed by atoms with Crippen molar-refractivity contribution in [2.75, 3.05) is 20.0 Å². The summed E-state index contributed by atoms with van der Waals surface area (Å²) in [5.41, 5.74) is 5.25. The van der Waals surface area contributed by atoms with Crippen LogP contribution in [0.3, 0.4) is 0 Å². The molecular formula is C19H20N4O3S. The number of hydrogen-bond acceptors (Lipinski definition) is 6. The number of imidazole rings is 1. The van der Waals surface area contributed by atoms with Gasteiger partial charge in [0.1, 0.15) is 0 Å². The summed E-state index contributed by atoms with van der Waals surface area (Å²) in [5, 5.41) is 4.78. The van der Waals surface area contributed by atoms with Crippen LogP contribution in [0.5, 0.6) is 11.5 Å². The number of methoxy groups -OCH3 is 2. The van der Waals surface area contributed by atoms with Crippen LogP contribution in [-0.4, -0.2) is 41.6 Å². The summed E-state index contributed by atoms with van der Waals surface area (Å²) in [6.07, 6.45) is 1.56. The van der Waals surface area contributed by atoms with Crippen LogP contribution in [0.4, 0.5) is 0 Å². The van der Waals surface area contributed by atoms with Crippen LogP contribution >= 0.6 is 11.8 Å². The molecule has 3 rings (SSSR count). The van der Waals surface area contributed by atoms with Crippen molar-refractivity contribution in [2.24, 2.45) is 12.1 Å². The number of amides is 1. The molecule has 0 fully saturated rings. The van der Waals surface area contributed by atoms with Crippen LogP contribution in [0.2, 0.25) is 0 Å². The van der Waals surface area contributed by atoms with Gasteiger partial charge in [-0.05, 0) is 35.9 Å². The van der Waals surface area contributed by atoms with Crippen molar-refractivity contribution in [1.82, 2.24) is 15.0 Å². The van der Waals surface area contributed by atoms with E-state index in [-0.39, 0.29) is 11.7 Å². The molecule has 0 saturated heterocycles. The van der Waals surface area contributed by atoms with E-state index in [2.05, 4.69) is 15.5 Å². The smallest absolute Gasteiger partial charge is 0.250 e. The van der Waals surface area contributed by atoms with Crippen LogP contribution in [0.15, 0.2) is 52.7 Å². The minimum atomic E-state index is -0.205. The summed E-state index contributed by atoms with van der Waals surface area (Å²) in [6, 6.07) is 13.2. The lowest BCUT2D eigenvalue weighted by molar-refractivity contribution is -0.118. The Morgan fingerprint density at radius 2 is 2.00 bits per heavy atom. The lowest BCUT2D eigenvalue weighted by atomic mass is 10.2. The van der Waals surface area contributed by atoms with Gasteiger partial charge in [-0.2, -0.15) is 5.10 Å². The molecule has 1 heterocycles. The third kappa shape index (κ3) is 4.40. The van der Waals surface area contributed by atoms with E-state index in [0.717, 1.165) is 21.8 Å². The summed E-state index contributed by atoms with van der Waals surface area (Å²) >= 11 is 1.37. The maximum atomic E-state index is 12.0. The van der Waals surface area contributed by atoms with Crippen LogP contribution < -0.4 is 14.9 Å². The number of hydrazone groups is 1. The second-order valence-corrected chi connectivity index (χ2v) is 6.58. The second kappa shape index (κ2) is 8.59. The largest absolute Gasteiger partial charge is 0.493 e. The molecule has 8 heteroatoms. The first-order chi connectivity index (χ1) is 13.1. The average Bonchev–Trinajstić information content (AvgIpc) is 3.02. The highest BCUT2D eigenvalue weighted by Gasteiger charge is 2.10. The Morgan fingerprint density at radius 1 is 1.22 bits per heavy atom. The number of rotatable bonds is 7. The minimum absolute atomic E-state index is 0.205. The molecule has 1 N–H and O–H groups in total. The molecule has 7 nitrogen and oxygen atoms in total. The Morgan fingerprint density at radius 3 is 2.74 bits per heavy atom. The number of thioether (sulfide) groups is 1. The van der Waals surface area contributed by atoms with Gasteiger partial charge in [-0.25, -0.2) is 10.4 Å². The lowest BCUT2D eigenvalue weighted by Crippen LogP contribution is -2.19. The van der Waals surface area contributed by atoms with Gasteiger partial charge in [-0.3, -0.25) is 4.79 Å². The summed E-state index contributed by atoms with van der Waals surface area (Å²) in [7, 11) is 5.08.